The first-order valence-corrected chi connectivity index (χ1v) is 9.52. The van der Waals surface area contributed by atoms with Crippen LogP contribution in [0.5, 0.6) is 5.75 Å². The van der Waals surface area contributed by atoms with Gasteiger partial charge < -0.3 is 15.4 Å². The lowest BCUT2D eigenvalue weighted by molar-refractivity contribution is -0.115. The average Bonchev–Trinajstić information content (AvgIpc) is 2.74. The number of hydrogen-bond donors (Lipinski definition) is 2. The molecule has 3 aromatic carbocycles. The molecule has 0 bridgehead atoms. The maximum atomic E-state index is 12.1. The molecule has 0 aromatic heterocycles. The van der Waals surface area contributed by atoms with Crippen molar-refractivity contribution in [2.24, 2.45) is 0 Å². The Morgan fingerprint density at radius 3 is 2.34 bits per heavy atom. The van der Waals surface area contributed by atoms with Crippen LogP contribution < -0.4 is 15.4 Å². The minimum Gasteiger partial charge on any atom is -0.489 e. The van der Waals surface area contributed by atoms with E-state index in [4.69, 9.17) is 4.74 Å². The van der Waals surface area contributed by atoms with Crippen molar-refractivity contribution in [3.8, 4) is 5.75 Å². The Kier molecular flexibility index (Phi) is 7.00. The average molecular weight is 388 g/mol. The van der Waals surface area contributed by atoms with Crippen LogP contribution in [0.2, 0.25) is 0 Å². The van der Waals surface area contributed by atoms with Crippen molar-refractivity contribution in [3.63, 3.8) is 0 Å². The second-order valence-electron chi connectivity index (χ2n) is 6.66. The van der Waals surface area contributed by atoms with E-state index in [1.54, 1.807) is 24.3 Å². The molecule has 148 valence electrons. The number of ether oxygens (including phenoxy) is 1. The second kappa shape index (κ2) is 10.1. The van der Waals surface area contributed by atoms with Gasteiger partial charge in [-0.3, -0.25) is 9.59 Å². The minimum absolute atomic E-state index is 0.0287. The van der Waals surface area contributed by atoms with Crippen LogP contribution in [0.15, 0.2) is 78.9 Å². The number of rotatable bonds is 9. The number of carbonyl (C=O) groups excluding carboxylic acids is 2. The molecule has 1 amide bonds. The number of anilines is 2. The first kappa shape index (κ1) is 20.1. The highest BCUT2D eigenvalue weighted by molar-refractivity contribution is 5.97. The Morgan fingerprint density at radius 1 is 0.862 bits per heavy atom. The highest BCUT2D eigenvalue weighted by Gasteiger charge is 2.05. The SMILES string of the molecule is CC(=O)c1cccc(NC(=O)CCNc2ccc(OCc3ccccc3)cc2)c1. The minimum atomic E-state index is -0.110. The van der Waals surface area contributed by atoms with Gasteiger partial charge in [-0.2, -0.15) is 0 Å². The second-order valence-corrected chi connectivity index (χ2v) is 6.66. The number of hydrogen-bond acceptors (Lipinski definition) is 4. The lowest BCUT2D eigenvalue weighted by atomic mass is 10.1. The molecule has 0 heterocycles. The summed E-state index contributed by atoms with van der Waals surface area (Å²) in [5, 5.41) is 6.04. The summed E-state index contributed by atoms with van der Waals surface area (Å²) in [6.45, 7) is 2.53. The Morgan fingerprint density at radius 2 is 1.62 bits per heavy atom. The summed E-state index contributed by atoms with van der Waals surface area (Å²) in [6, 6.07) is 24.6. The van der Waals surface area contributed by atoms with Gasteiger partial charge in [-0.15, -0.1) is 0 Å². The molecule has 5 heteroatoms. The van der Waals surface area contributed by atoms with Crippen LogP contribution in [0.25, 0.3) is 0 Å². The zero-order valence-electron chi connectivity index (χ0n) is 16.4. The van der Waals surface area contributed by atoms with Crippen LogP contribution in [0, 0.1) is 0 Å². The Hall–Kier alpha value is -3.60. The summed E-state index contributed by atoms with van der Waals surface area (Å²) in [5.41, 5.74) is 3.25. The van der Waals surface area contributed by atoms with Crippen LogP contribution in [0.4, 0.5) is 11.4 Å². The van der Waals surface area contributed by atoms with Gasteiger partial charge in [0, 0.05) is 29.9 Å². The maximum Gasteiger partial charge on any atom is 0.226 e. The first-order valence-electron chi connectivity index (χ1n) is 9.52. The molecule has 0 saturated heterocycles. The fourth-order valence-electron chi connectivity index (χ4n) is 2.77. The molecule has 0 unspecified atom stereocenters. The Balaban J connectivity index is 1.41. The third-order valence-electron chi connectivity index (χ3n) is 4.34. The van der Waals surface area contributed by atoms with Crippen molar-refractivity contribution in [2.75, 3.05) is 17.2 Å². The number of amides is 1. The van der Waals surface area contributed by atoms with E-state index in [1.807, 2.05) is 54.6 Å². The molecule has 2 N–H and O–H groups in total. The smallest absolute Gasteiger partial charge is 0.226 e. The van der Waals surface area contributed by atoms with Crippen LogP contribution in [0.1, 0.15) is 29.3 Å². The van der Waals surface area contributed by atoms with Gasteiger partial charge in [0.2, 0.25) is 5.91 Å². The zero-order valence-corrected chi connectivity index (χ0v) is 16.4. The van der Waals surface area contributed by atoms with Crippen LogP contribution in [-0.2, 0) is 11.4 Å². The molecule has 0 atom stereocenters. The first-order chi connectivity index (χ1) is 14.1. The predicted octanol–water partition coefficient (Wildman–Crippen LogP) is 4.91. The maximum absolute atomic E-state index is 12.1. The number of Topliss-reactive ketones (excluding diaryl/α,β-unsaturated/α-hetero) is 1. The van der Waals surface area contributed by atoms with E-state index in [-0.39, 0.29) is 11.7 Å². The van der Waals surface area contributed by atoms with Crippen LogP contribution in [0.3, 0.4) is 0 Å². The van der Waals surface area contributed by atoms with E-state index in [2.05, 4.69) is 10.6 Å². The Bertz CT molecular complexity index is 953. The molecular weight excluding hydrogens is 364 g/mol. The predicted molar refractivity (Wildman–Crippen MR) is 115 cm³/mol. The third kappa shape index (κ3) is 6.50. The third-order valence-corrected chi connectivity index (χ3v) is 4.34. The van der Waals surface area contributed by atoms with Crippen molar-refractivity contribution in [1.82, 2.24) is 0 Å². The zero-order chi connectivity index (χ0) is 20.5. The molecule has 3 rings (SSSR count). The van der Waals surface area contributed by atoms with Crippen LogP contribution >= 0.6 is 0 Å². The van der Waals surface area contributed by atoms with Crippen molar-refractivity contribution in [3.05, 3.63) is 90.0 Å². The molecule has 0 saturated carbocycles. The number of carbonyl (C=O) groups is 2. The lowest BCUT2D eigenvalue weighted by Gasteiger charge is -2.10. The van der Waals surface area contributed by atoms with Gasteiger partial charge in [-0.1, -0.05) is 42.5 Å². The van der Waals surface area contributed by atoms with Gasteiger partial charge in [0.05, 0.1) is 0 Å². The number of benzene rings is 3. The molecule has 29 heavy (non-hydrogen) atoms. The summed E-state index contributed by atoms with van der Waals surface area (Å²) in [7, 11) is 0. The van der Waals surface area contributed by atoms with Gasteiger partial charge in [-0.25, -0.2) is 0 Å². The summed E-state index contributed by atoms with van der Waals surface area (Å²) in [4.78, 5) is 23.5. The molecular formula is C24H24N2O3. The van der Waals surface area contributed by atoms with Gasteiger partial charge in [-0.05, 0) is 48.9 Å². The molecule has 0 radical (unpaired) electrons. The molecule has 0 aliphatic heterocycles. The van der Waals surface area contributed by atoms with Crippen molar-refractivity contribution in [2.45, 2.75) is 20.0 Å². The highest BCUT2D eigenvalue weighted by atomic mass is 16.5. The largest absolute Gasteiger partial charge is 0.489 e. The number of ketones is 1. The molecule has 5 nitrogen and oxygen atoms in total. The van der Waals surface area contributed by atoms with Crippen LogP contribution in [-0.4, -0.2) is 18.2 Å². The van der Waals surface area contributed by atoms with E-state index in [9.17, 15) is 9.59 Å². The monoisotopic (exact) mass is 388 g/mol. The standard InChI is InChI=1S/C24H24N2O3/c1-18(27)20-8-5-9-22(16-20)26-24(28)14-15-25-21-10-12-23(13-11-21)29-17-19-6-3-2-4-7-19/h2-13,16,25H,14-15,17H2,1H3,(H,26,28). The van der Waals surface area contributed by atoms with Gasteiger partial charge in [0.1, 0.15) is 12.4 Å². The number of nitrogens with one attached hydrogen (secondary N) is 2. The molecule has 3 aromatic rings. The topological polar surface area (TPSA) is 67.4 Å². The van der Waals surface area contributed by atoms with Crippen molar-refractivity contribution >= 4 is 23.1 Å². The molecule has 0 spiro atoms. The van der Waals surface area contributed by atoms with E-state index < -0.39 is 0 Å². The lowest BCUT2D eigenvalue weighted by Crippen LogP contribution is -2.16. The Labute approximate surface area is 170 Å². The molecule has 0 aliphatic carbocycles. The summed E-state index contributed by atoms with van der Waals surface area (Å²) >= 11 is 0. The summed E-state index contributed by atoms with van der Waals surface area (Å²) in [6.07, 6.45) is 0.316. The summed E-state index contributed by atoms with van der Waals surface area (Å²) in [5.74, 6) is 0.655. The van der Waals surface area contributed by atoms with E-state index in [0.29, 0.717) is 30.8 Å². The van der Waals surface area contributed by atoms with Crippen molar-refractivity contribution < 1.29 is 14.3 Å². The highest BCUT2D eigenvalue weighted by Crippen LogP contribution is 2.17. The van der Waals surface area contributed by atoms with E-state index in [0.717, 1.165) is 17.0 Å². The fraction of sp³-hybridized carbons (Fsp3) is 0.167. The molecule has 0 aliphatic rings. The van der Waals surface area contributed by atoms with Gasteiger partial charge >= 0.3 is 0 Å². The fourth-order valence-corrected chi connectivity index (χ4v) is 2.77. The summed E-state index contributed by atoms with van der Waals surface area (Å²) < 4.78 is 5.77. The quantitative estimate of drug-likeness (QED) is 0.511. The van der Waals surface area contributed by atoms with Gasteiger partial charge in [0.25, 0.3) is 0 Å². The van der Waals surface area contributed by atoms with Crippen molar-refractivity contribution in [1.29, 1.82) is 0 Å². The van der Waals surface area contributed by atoms with Gasteiger partial charge in [0.15, 0.2) is 5.78 Å². The van der Waals surface area contributed by atoms with E-state index in [1.165, 1.54) is 6.92 Å². The van der Waals surface area contributed by atoms with E-state index >= 15 is 0 Å². The molecule has 0 fully saturated rings. The normalized spacial score (nSPS) is 10.2.